The van der Waals surface area contributed by atoms with E-state index in [1.165, 1.54) is 30.6 Å². The molecule has 0 spiro atoms. The zero-order valence-electron chi connectivity index (χ0n) is 14.8. The largest absolute Gasteiger partial charge is 0.497 e. The Labute approximate surface area is 149 Å². The molecule has 0 saturated carbocycles. The van der Waals surface area contributed by atoms with Crippen molar-refractivity contribution in [1.82, 2.24) is 0 Å². The Bertz CT molecular complexity index is 679. The van der Waals surface area contributed by atoms with Gasteiger partial charge in [-0.05, 0) is 37.8 Å². The molecule has 1 aliphatic rings. The van der Waals surface area contributed by atoms with Gasteiger partial charge < -0.3 is 15.0 Å². The lowest BCUT2D eigenvalue weighted by Crippen LogP contribution is -3.13. The lowest BCUT2D eigenvalue weighted by atomic mass is 10.0. The summed E-state index contributed by atoms with van der Waals surface area (Å²) < 4.78 is 5.26. The molecule has 132 valence electrons. The number of carbonyl (C=O) groups is 1. The predicted octanol–water partition coefficient (Wildman–Crippen LogP) is 2.83. The third kappa shape index (κ3) is 4.60. The van der Waals surface area contributed by atoms with Gasteiger partial charge in [-0.25, -0.2) is 0 Å². The van der Waals surface area contributed by atoms with Crippen LogP contribution >= 0.6 is 0 Å². The van der Waals surface area contributed by atoms with E-state index in [2.05, 4.69) is 17.4 Å². The maximum absolute atomic E-state index is 13.2. The highest BCUT2D eigenvalue weighted by Crippen LogP contribution is 2.19. The lowest BCUT2D eigenvalue weighted by Gasteiger charge is -2.27. The van der Waals surface area contributed by atoms with Crippen molar-refractivity contribution in [2.75, 3.05) is 25.5 Å². The zero-order chi connectivity index (χ0) is 17.5. The number of carbonyl (C=O) groups excluding carboxylic acids is 1. The third-order valence-corrected chi connectivity index (χ3v) is 4.89. The molecule has 3 rings (SSSR count). The second kappa shape index (κ2) is 8.67. The van der Waals surface area contributed by atoms with Gasteiger partial charge in [0.15, 0.2) is 6.04 Å². The first-order valence-electron chi connectivity index (χ1n) is 9.12. The van der Waals surface area contributed by atoms with Crippen molar-refractivity contribution < 1.29 is 14.4 Å². The van der Waals surface area contributed by atoms with Gasteiger partial charge in [-0.3, -0.25) is 4.79 Å². The van der Waals surface area contributed by atoms with Crippen LogP contribution in [0.4, 0.5) is 5.69 Å². The Hall–Kier alpha value is -2.33. The van der Waals surface area contributed by atoms with E-state index in [4.69, 9.17) is 4.74 Å². The number of ether oxygens (including phenoxy) is 1. The average Bonchev–Trinajstić information content (AvgIpc) is 2.92. The van der Waals surface area contributed by atoms with Crippen molar-refractivity contribution in [3.05, 3.63) is 60.2 Å². The van der Waals surface area contributed by atoms with Gasteiger partial charge in [0.25, 0.3) is 5.91 Å². The van der Waals surface area contributed by atoms with Crippen LogP contribution in [-0.2, 0) is 4.79 Å². The molecule has 0 aliphatic carbocycles. The van der Waals surface area contributed by atoms with Gasteiger partial charge >= 0.3 is 0 Å². The summed E-state index contributed by atoms with van der Waals surface area (Å²) in [4.78, 5) is 14.5. The standard InChI is InChI=1S/C21H26N2O2/c1-25-19-13-9-12-18(16-19)22-21(24)20(17-10-5-4-6-11-17)23-14-7-2-3-8-15-23/h4-6,9-13,16,20H,2-3,7-8,14-15H2,1H3,(H,22,24)/p+1/t20-/m0/s1. The van der Waals surface area contributed by atoms with Crippen LogP contribution in [0.3, 0.4) is 0 Å². The molecule has 2 aromatic rings. The van der Waals surface area contributed by atoms with E-state index in [0.717, 1.165) is 30.1 Å². The van der Waals surface area contributed by atoms with Crippen molar-refractivity contribution in [2.24, 2.45) is 0 Å². The van der Waals surface area contributed by atoms with E-state index in [-0.39, 0.29) is 11.9 Å². The maximum Gasteiger partial charge on any atom is 0.287 e. The number of hydrogen-bond donors (Lipinski definition) is 2. The van der Waals surface area contributed by atoms with Crippen LogP contribution in [0.5, 0.6) is 5.75 Å². The Kier molecular flexibility index (Phi) is 6.07. The molecule has 1 saturated heterocycles. The molecule has 1 amide bonds. The van der Waals surface area contributed by atoms with Crippen LogP contribution < -0.4 is 15.0 Å². The lowest BCUT2D eigenvalue weighted by molar-refractivity contribution is -0.921. The van der Waals surface area contributed by atoms with Gasteiger partial charge in [-0.2, -0.15) is 0 Å². The van der Waals surface area contributed by atoms with Gasteiger partial charge in [-0.1, -0.05) is 36.4 Å². The number of methoxy groups -OCH3 is 1. The second-order valence-corrected chi connectivity index (χ2v) is 6.64. The highest BCUT2D eigenvalue weighted by Gasteiger charge is 2.32. The topological polar surface area (TPSA) is 42.8 Å². The number of rotatable bonds is 5. The highest BCUT2D eigenvalue weighted by atomic mass is 16.5. The van der Waals surface area contributed by atoms with E-state index in [0.29, 0.717) is 0 Å². The molecule has 0 bridgehead atoms. The van der Waals surface area contributed by atoms with Crippen LogP contribution in [0.15, 0.2) is 54.6 Å². The van der Waals surface area contributed by atoms with Crippen LogP contribution in [0, 0.1) is 0 Å². The fourth-order valence-electron chi connectivity index (χ4n) is 3.60. The minimum Gasteiger partial charge on any atom is -0.497 e. The van der Waals surface area contributed by atoms with Gasteiger partial charge in [0, 0.05) is 17.3 Å². The molecule has 25 heavy (non-hydrogen) atoms. The fourth-order valence-corrected chi connectivity index (χ4v) is 3.60. The van der Waals surface area contributed by atoms with Crippen molar-refractivity contribution >= 4 is 11.6 Å². The van der Waals surface area contributed by atoms with Crippen molar-refractivity contribution in [3.63, 3.8) is 0 Å². The van der Waals surface area contributed by atoms with Crippen molar-refractivity contribution in [3.8, 4) is 5.75 Å². The number of anilines is 1. The van der Waals surface area contributed by atoms with Gasteiger partial charge in [0.2, 0.25) is 0 Å². The smallest absolute Gasteiger partial charge is 0.287 e. The molecule has 1 heterocycles. The normalized spacial score (nSPS) is 16.7. The molecule has 0 aromatic heterocycles. The quantitative estimate of drug-likeness (QED) is 0.880. The van der Waals surface area contributed by atoms with Crippen LogP contribution in [0.25, 0.3) is 0 Å². The molecule has 1 atom stereocenters. The SMILES string of the molecule is COc1cccc(NC(=O)[C@H](c2ccccc2)[NH+]2CCCCCC2)c1. The first-order chi connectivity index (χ1) is 12.3. The molecule has 4 heteroatoms. The summed E-state index contributed by atoms with van der Waals surface area (Å²) in [6.45, 7) is 2.09. The van der Waals surface area contributed by atoms with E-state index in [1.54, 1.807) is 7.11 Å². The van der Waals surface area contributed by atoms with Crippen LogP contribution in [0.2, 0.25) is 0 Å². The highest BCUT2D eigenvalue weighted by molar-refractivity contribution is 5.94. The minimum atomic E-state index is -0.175. The van der Waals surface area contributed by atoms with Gasteiger partial charge in [-0.15, -0.1) is 0 Å². The number of benzene rings is 2. The molecular weight excluding hydrogens is 312 g/mol. The monoisotopic (exact) mass is 339 g/mol. The fraction of sp³-hybridized carbons (Fsp3) is 0.381. The summed E-state index contributed by atoms with van der Waals surface area (Å²) in [7, 11) is 1.63. The summed E-state index contributed by atoms with van der Waals surface area (Å²) in [5, 5.41) is 3.09. The molecule has 4 nitrogen and oxygen atoms in total. The van der Waals surface area contributed by atoms with E-state index in [9.17, 15) is 4.79 Å². The molecule has 2 N–H and O–H groups in total. The minimum absolute atomic E-state index is 0.0522. The van der Waals surface area contributed by atoms with Gasteiger partial charge in [0.05, 0.1) is 20.2 Å². The Balaban J connectivity index is 1.83. The average molecular weight is 339 g/mol. The van der Waals surface area contributed by atoms with Crippen molar-refractivity contribution in [2.45, 2.75) is 31.7 Å². The Morgan fingerprint density at radius 1 is 1.00 bits per heavy atom. The summed E-state index contributed by atoms with van der Waals surface area (Å²) in [5.74, 6) is 0.799. The number of amides is 1. The molecule has 0 radical (unpaired) electrons. The molecule has 2 aromatic carbocycles. The molecule has 1 fully saturated rings. The Morgan fingerprint density at radius 3 is 2.40 bits per heavy atom. The van der Waals surface area contributed by atoms with Gasteiger partial charge in [0.1, 0.15) is 5.75 Å². The zero-order valence-corrected chi connectivity index (χ0v) is 14.8. The van der Waals surface area contributed by atoms with E-state index < -0.39 is 0 Å². The van der Waals surface area contributed by atoms with Crippen molar-refractivity contribution in [1.29, 1.82) is 0 Å². The number of likely N-dealkylation sites (tertiary alicyclic amines) is 1. The number of hydrogen-bond acceptors (Lipinski definition) is 2. The molecule has 0 unspecified atom stereocenters. The number of nitrogens with one attached hydrogen (secondary N) is 2. The predicted molar refractivity (Wildman–Crippen MR) is 100.0 cm³/mol. The van der Waals surface area contributed by atoms with Crippen LogP contribution in [-0.4, -0.2) is 26.1 Å². The molecule has 1 aliphatic heterocycles. The van der Waals surface area contributed by atoms with Crippen LogP contribution in [0.1, 0.15) is 37.3 Å². The summed E-state index contributed by atoms with van der Waals surface area (Å²) >= 11 is 0. The maximum atomic E-state index is 13.2. The van der Waals surface area contributed by atoms with E-state index >= 15 is 0 Å². The summed E-state index contributed by atoms with van der Waals surface area (Å²) in [6, 6.07) is 17.5. The number of quaternary nitrogens is 1. The summed E-state index contributed by atoms with van der Waals surface area (Å²) in [5.41, 5.74) is 1.86. The summed E-state index contributed by atoms with van der Waals surface area (Å²) in [6.07, 6.45) is 4.90. The third-order valence-electron chi connectivity index (χ3n) is 4.89. The second-order valence-electron chi connectivity index (χ2n) is 6.64. The van der Waals surface area contributed by atoms with E-state index in [1.807, 2.05) is 42.5 Å². The first kappa shape index (κ1) is 17.5. The molecular formula is C21H27N2O2+. The Morgan fingerprint density at radius 2 is 1.72 bits per heavy atom. The first-order valence-corrected chi connectivity index (χ1v) is 9.12.